The number of rotatable bonds is 8. The Morgan fingerprint density at radius 1 is 1.35 bits per heavy atom. The molecular weight excluding hydrogens is 372 g/mol. The van der Waals surface area contributed by atoms with E-state index < -0.39 is 0 Å². The van der Waals surface area contributed by atoms with Gasteiger partial charge in [0.1, 0.15) is 5.75 Å². The largest absolute Gasteiger partial charge is 0.496 e. The first kappa shape index (κ1) is 18.7. The minimum atomic E-state index is -0.0942. The predicted octanol–water partition coefficient (Wildman–Crippen LogP) is 2.47. The highest BCUT2D eigenvalue weighted by atomic mass is 32.2. The van der Waals surface area contributed by atoms with Crippen LogP contribution < -0.4 is 15.0 Å². The predicted molar refractivity (Wildman–Crippen MR) is 102 cm³/mol. The maximum Gasteiger partial charge on any atom is 0.230 e. The van der Waals surface area contributed by atoms with Crippen molar-refractivity contribution in [1.82, 2.24) is 15.5 Å². The van der Waals surface area contributed by atoms with Crippen molar-refractivity contribution in [3.8, 4) is 5.75 Å². The second-order valence-corrected chi connectivity index (χ2v) is 8.03. The molecule has 0 bridgehead atoms. The van der Waals surface area contributed by atoms with Crippen molar-refractivity contribution in [1.29, 1.82) is 0 Å². The summed E-state index contributed by atoms with van der Waals surface area (Å²) < 4.78 is 5.95. The van der Waals surface area contributed by atoms with Crippen LogP contribution in [-0.4, -0.2) is 40.9 Å². The molecule has 0 atom stereocenters. The second kappa shape index (κ2) is 8.50. The molecule has 2 amide bonds. The Kier molecular flexibility index (Phi) is 6.10. The summed E-state index contributed by atoms with van der Waals surface area (Å²) in [5, 5.41) is 11.7. The summed E-state index contributed by atoms with van der Waals surface area (Å²) in [6.07, 6.45) is 2.01. The number of anilines is 1. The van der Waals surface area contributed by atoms with Crippen molar-refractivity contribution < 1.29 is 14.3 Å². The molecule has 0 radical (unpaired) electrons. The van der Waals surface area contributed by atoms with Gasteiger partial charge in [0.2, 0.25) is 16.9 Å². The molecule has 9 heteroatoms. The number of nitrogens with one attached hydrogen (secondary N) is 1. The minimum Gasteiger partial charge on any atom is -0.496 e. The number of nitrogens with zero attached hydrogens (tertiary/aromatic N) is 3. The van der Waals surface area contributed by atoms with Crippen LogP contribution in [0.3, 0.4) is 0 Å². The van der Waals surface area contributed by atoms with Crippen molar-refractivity contribution in [2.75, 3.05) is 17.8 Å². The number of hydrogen-bond donors (Lipinski definition) is 1. The molecule has 26 heavy (non-hydrogen) atoms. The van der Waals surface area contributed by atoms with E-state index in [0.29, 0.717) is 16.0 Å². The van der Waals surface area contributed by atoms with Gasteiger partial charge in [-0.25, -0.2) is 0 Å². The zero-order valence-corrected chi connectivity index (χ0v) is 16.2. The van der Waals surface area contributed by atoms with Gasteiger partial charge in [-0.3, -0.25) is 14.5 Å². The molecule has 1 saturated carbocycles. The molecule has 0 unspecified atom stereocenters. The number of ether oxygens (including phenoxy) is 1. The number of carbonyl (C=O) groups is 2. The lowest BCUT2D eigenvalue weighted by Gasteiger charge is -2.15. The van der Waals surface area contributed by atoms with Gasteiger partial charge in [0.25, 0.3) is 0 Å². The first-order valence-corrected chi connectivity index (χ1v) is 10.0. The third kappa shape index (κ3) is 4.73. The molecule has 1 heterocycles. The summed E-state index contributed by atoms with van der Waals surface area (Å²) in [5.41, 5.74) is 0.924. The highest BCUT2D eigenvalue weighted by Crippen LogP contribution is 2.35. The van der Waals surface area contributed by atoms with E-state index in [-0.39, 0.29) is 23.6 Å². The van der Waals surface area contributed by atoms with Gasteiger partial charge in [0, 0.05) is 25.1 Å². The Morgan fingerprint density at radius 2 is 2.12 bits per heavy atom. The molecule has 1 aromatic carbocycles. The van der Waals surface area contributed by atoms with E-state index in [1.165, 1.54) is 30.0 Å². The van der Waals surface area contributed by atoms with Gasteiger partial charge in [-0.15, -0.1) is 10.2 Å². The highest BCUT2D eigenvalue weighted by Gasteiger charge is 2.34. The molecular formula is C17H20N4O3S2. The summed E-state index contributed by atoms with van der Waals surface area (Å²) in [4.78, 5) is 25.5. The molecule has 0 saturated heterocycles. The quantitative estimate of drug-likeness (QED) is 0.549. The van der Waals surface area contributed by atoms with E-state index in [1.807, 2.05) is 24.3 Å². The molecule has 1 aliphatic carbocycles. The van der Waals surface area contributed by atoms with Crippen molar-refractivity contribution in [3.63, 3.8) is 0 Å². The fourth-order valence-corrected chi connectivity index (χ4v) is 4.25. The summed E-state index contributed by atoms with van der Waals surface area (Å²) in [6, 6.07) is 7.82. The molecule has 2 aromatic rings. The maximum atomic E-state index is 12.1. The van der Waals surface area contributed by atoms with Crippen LogP contribution in [0.1, 0.15) is 25.3 Å². The van der Waals surface area contributed by atoms with E-state index in [2.05, 4.69) is 15.5 Å². The Bertz CT molecular complexity index is 792. The average molecular weight is 393 g/mol. The number of benzene rings is 1. The third-order valence-electron chi connectivity index (χ3n) is 3.85. The van der Waals surface area contributed by atoms with Crippen LogP contribution in [0.4, 0.5) is 5.13 Å². The van der Waals surface area contributed by atoms with Crippen molar-refractivity contribution >= 4 is 40.0 Å². The fourth-order valence-electron chi connectivity index (χ4n) is 2.46. The van der Waals surface area contributed by atoms with E-state index in [4.69, 9.17) is 4.74 Å². The van der Waals surface area contributed by atoms with Gasteiger partial charge in [-0.05, 0) is 18.9 Å². The number of thioether (sulfide) groups is 1. The average Bonchev–Trinajstić information content (AvgIpc) is 3.35. The van der Waals surface area contributed by atoms with Gasteiger partial charge in [0.15, 0.2) is 4.34 Å². The first-order valence-electron chi connectivity index (χ1n) is 8.23. The van der Waals surface area contributed by atoms with E-state index in [9.17, 15) is 9.59 Å². The summed E-state index contributed by atoms with van der Waals surface area (Å²) >= 11 is 2.67. The van der Waals surface area contributed by atoms with Crippen LogP contribution in [0.25, 0.3) is 0 Å². The van der Waals surface area contributed by atoms with Crippen molar-refractivity contribution in [2.24, 2.45) is 0 Å². The molecule has 1 aliphatic rings. The molecule has 138 valence electrons. The Morgan fingerprint density at radius 3 is 2.81 bits per heavy atom. The number of amides is 2. The minimum absolute atomic E-state index is 0.0187. The van der Waals surface area contributed by atoms with Gasteiger partial charge >= 0.3 is 0 Å². The second-order valence-electron chi connectivity index (χ2n) is 5.85. The number of carbonyl (C=O) groups excluding carboxylic acids is 2. The van der Waals surface area contributed by atoms with E-state index >= 15 is 0 Å². The Labute approximate surface area is 160 Å². The van der Waals surface area contributed by atoms with Gasteiger partial charge in [0.05, 0.1) is 12.9 Å². The van der Waals surface area contributed by atoms with Crippen LogP contribution in [0.2, 0.25) is 0 Å². The molecule has 1 aromatic heterocycles. The summed E-state index contributed by atoms with van der Waals surface area (Å²) in [5.74, 6) is 0.879. The topological polar surface area (TPSA) is 84.4 Å². The summed E-state index contributed by atoms with van der Waals surface area (Å²) in [7, 11) is 1.61. The van der Waals surface area contributed by atoms with E-state index in [0.717, 1.165) is 24.2 Å². The molecule has 1 N–H and O–H groups in total. The first-order chi connectivity index (χ1) is 12.6. The van der Waals surface area contributed by atoms with Crippen molar-refractivity contribution in [3.05, 3.63) is 29.8 Å². The monoisotopic (exact) mass is 392 g/mol. The Hall–Kier alpha value is -2.13. The zero-order chi connectivity index (χ0) is 18.5. The molecule has 0 spiro atoms. The fraction of sp³-hybridized carbons (Fsp3) is 0.412. The van der Waals surface area contributed by atoms with Crippen LogP contribution in [0, 0.1) is 0 Å². The lowest BCUT2D eigenvalue weighted by molar-refractivity contribution is -0.119. The third-order valence-corrected chi connectivity index (χ3v) is 5.90. The molecule has 0 aliphatic heterocycles. The Balaban J connectivity index is 1.49. The van der Waals surface area contributed by atoms with Crippen molar-refractivity contribution in [2.45, 2.75) is 36.7 Å². The zero-order valence-electron chi connectivity index (χ0n) is 14.6. The van der Waals surface area contributed by atoms with Crippen LogP contribution in [0.15, 0.2) is 28.6 Å². The van der Waals surface area contributed by atoms with Gasteiger partial charge in [-0.2, -0.15) is 0 Å². The van der Waals surface area contributed by atoms with Gasteiger partial charge < -0.3 is 10.1 Å². The SMILES string of the molecule is COc1ccccc1CNC(=O)CSc1nnc(N(C(C)=O)C2CC2)s1. The van der Waals surface area contributed by atoms with Crippen LogP contribution in [0.5, 0.6) is 5.75 Å². The van der Waals surface area contributed by atoms with Crippen LogP contribution >= 0.6 is 23.1 Å². The lowest BCUT2D eigenvalue weighted by atomic mass is 10.2. The molecule has 3 rings (SSSR count). The summed E-state index contributed by atoms with van der Waals surface area (Å²) in [6.45, 7) is 1.95. The normalized spacial score (nSPS) is 13.3. The van der Waals surface area contributed by atoms with E-state index in [1.54, 1.807) is 12.0 Å². The molecule has 1 fully saturated rings. The number of para-hydroxylation sites is 1. The number of methoxy groups -OCH3 is 1. The number of hydrogen-bond acceptors (Lipinski definition) is 7. The van der Waals surface area contributed by atoms with Crippen LogP contribution in [-0.2, 0) is 16.1 Å². The standard InChI is InChI=1S/C17H20N4O3S2/c1-11(22)21(13-7-8-13)16-19-20-17(26-16)25-10-15(23)18-9-12-5-3-4-6-14(12)24-2/h3-6,13H,7-10H2,1-2H3,(H,18,23). The maximum absolute atomic E-state index is 12.1. The number of aromatic nitrogens is 2. The smallest absolute Gasteiger partial charge is 0.230 e. The van der Waals surface area contributed by atoms with Gasteiger partial charge in [-0.1, -0.05) is 41.3 Å². The molecule has 7 nitrogen and oxygen atoms in total. The lowest BCUT2D eigenvalue weighted by Crippen LogP contribution is -2.30. The highest BCUT2D eigenvalue weighted by molar-refractivity contribution is 8.01.